The molecule has 2 aliphatic heterocycles. The third kappa shape index (κ3) is 5.10. The molecule has 1 aromatic carbocycles. The van der Waals surface area contributed by atoms with Gasteiger partial charge in [-0.25, -0.2) is 9.97 Å². The molecule has 3 aliphatic rings. The van der Waals surface area contributed by atoms with Gasteiger partial charge in [-0.05, 0) is 89.9 Å². The molecule has 4 aromatic rings. The Morgan fingerprint density at radius 2 is 1.85 bits per heavy atom. The molecule has 11 nitrogen and oxygen atoms in total. The molecule has 3 aromatic heterocycles. The van der Waals surface area contributed by atoms with Gasteiger partial charge in [-0.15, -0.1) is 0 Å². The summed E-state index contributed by atoms with van der Waals surface area (Å²) < 4.78 is 2.04. The van der Waals surface area contributed by atoms with Gasteiger partial charge in [0.1, 0.15) is 11.2 Å². The highest BCUT2D eigenvalue weighted by atomic mass is 35.5. The minimum atomic E-state index is -1.69. The number of likely N-dealkylation sites (tertiary alicyclic amines) is 1. The number of imidazole rings is 1. The van der Waals surface area contributed by atoms with E-state index in [0.29, 0.717) is 50.8 Å². The summed E-state index contributed by atoms with van der Waals surface area (Å²) in [5.41, 5.74) is 3.14. The summed E-state index contributed by atoms with van der Waals surface area (Å²) >= 11 is 6.32. The van der Waals surface area contributed by atoms with E-state index >= 15 is 0 Å². The molecule has 12 heteroatoms. The molecular formula is C34H39ClN8O3. The zero-order valence-electron chi connectivity index (χ0n) is 26.5. The number of aliphatic hydroxyl groups is 1. The van der Waals surface area contributed by atoms with Crippen LogP contribution in [-0.4, -0.2) is 73.6 Å². The molecule has 240 valence electrons. The predicted octanol–water partition coefficient (Wildman–Crippen LogP) is 5.40. The Morgan fingerprint density at radius 1 is 1.09 bits per heavy atom. The standard InChI is InChI=1S/C34H39ClN8O3/c1-19(2)42-18-38-27-16-26(40-31(29(27)42)39-21-8-9-25(35)24(13-21)32(44)36-4)20-12-28-30(37-17-20)34(3,46)33(45)43(28)23-14-22(15-23)41-10-6-5-7-11-41/h8-9,12-13,16-19,22-23,46H,5-7,10-11,14-15H2,1-4H3,(H,36,44)(H,39,40)/t22-,23+,34?. The minimum Gasteiger partial charge on any atom is -0.374 e. The van der Waals surface area contributed by atoms with E-state index in [-0.39, 0.29) is 23.9 Å². The van der Waals surface area contributed by atoms with E-state index in [1.807, 2.05) is 16.7 Å². The van der Waals surface area contributed by atoms with E-state index in [1.54, 1.807) is 42.7 Å². The first-order valence-electron chi connectivity index (χ1n) is 16.0. The van der Waals surface area contributed by atoms with Gasteiger partial charge in [0.15, 0.2) is 11.4 Å². The van der Waals surface area contributed by atoms with Crippen LogP contribution in [0.4, 0.5) is 17.2 Å². The van der Waals surface area contributed by atoms with Gasteiger partial charge in [-0.2, -0.15) is 0 Å². The minimum absolute atomic E-state index is 0.0121. The second-order valence-electron chi connectivity index (χ2n) is 13.1. The van der Waals surface area contributed by atoms with Crippen LogP contribution in [0.25, 0.3) is 22.3 Å². The van der Waals surface area contributed by atoms with Gasteiger partial charge in [0.2, 0.25) is 0 Å². The Morgan fingerprint density at radius 3 is 2.57 bits per heavy atom. The molecule has 1 unspecified atom stereocenters. The maximum Gasteiger partial charge on any atom is 0.265 e. The van der Waals surface area contributed by atoms with Crippen molar-refractivity contribution in [2.24, 2.45) is 0 Å². The summed E-state index contributed by atoms with van der Waals surface area (Å²) in [4.78, 5) is 44.8. The number of carbonyl (C=O) groups is 2. The van der Waals surface area contributed by atoms with Crippen molar-refractivity contribution >= 4 is 51.6 Å². The Balaban J connectivity index is 1.26. The highest BCUT2D eigenvalue weighted by molar-refractivity contribution is 6.34. The summed E-state index contributed by atoms with van der Waals surface area (Å²) in [6, 6.07) is 9.58. The van der Waals surface area contributed by atoms with E-state index in [4.69, 9.17) is 21.6 Å². The van der Waals surface area contributed by atoms with Crippen LogP contribution in [0, 0.1) is 0 Å². The molecule has 2 fully saturated rings. The number of halogens is 1. The maximum atomic E-state index is 13.6. The maximum absolute atomic E-state index is 13.6. The molecule has 1 atom stereocenters. The van der Waals surface area contributed by atoms with Crippen LogP contribution in [0.2, 0.25) is 5.02 Å². The Hall–Kier alpha value is -4.06. The number of anilines is 3. The summed E-state index contributed by atoms with van der Waals surface area (Å²) in [6.07, 6.45) is 8.96. The molecule has 5 heterocycles. The topological polar surface area (TPSA) is 129 Å². The predicted molar refractivity (Wildman–Crippen MR) is 179 cm³/mol. The third-order valence-electron chi connectivity index (χ3n) is 9.69. The molecule has 7 rings (SSSR count). The molecule has 0 radical (unpaired) electrons. The first kappa shape index (κ1) is 30.6. The Kier molecular flexibility index (Phi) is 7.73. The van der Waals surface area contributed by atoms with Crippen molar-refractivity contribution in [3.63, 3.8) is 0 Å². The number of pyridine rings is 2. The molecule has 0 spiro atoms. The molecule has 1 aliphatic carbocycles. The lowest BCUT2D eigenvalue weighted by Gasteiger charge is -2.47. The number of carbonyl (C=O) groups excluding carboxylic acids is 2. The van der Waals surface area contributed by atoms with Crippen LogP contribution < -0.4 is 15.5 Å². The normalized spacial score (nSPS) is 23.1. The van der Waals surface area contributed by atoms with Gasteiger partial charge in [0.25, 0.3) is 11.8 Å². The van der Waals surface area contributed by atoms with Crippen molar-refractivity contribution in [2.45, 2.75) is 76.6 Å². The highest BCUT2D eigenvalue weighted by Gasteiger charge is 2.52. The molecule has 1 saturated heterocycles. The summed E-state index contributed by atoms with van der Waals surface area (Å²) in [5.74, 6) is -0.0707. The van der Waals surface area contributed by atoms with Gasteiger partial charge in [-0.3, -0.25) is 14.6 Å². The Bertz CT molecular complexity index is 1840. The SMILES string of the molecule is CNC(=O)c1cc(Nc2nc(-c3cnc4c(c3)N([C@H]3C[C@@H](N5CCCCC5)C3)C(=O)C4(C)O)cc3ncn(C(C)C)c23)ccc1Cl. The zero-order chi connectivity index (χ0) is 32.3. The van der Waals surface area contributed by atoms with E-state index in [1.165, 1.54) is 26.2 Å². The fourth-order valence-corrected chi connectivity index (χ4v) is 7.25. The number of aromatic nitrogens is 4. The molecule has 1 saturated carbocycles. The van der Waals surface area contributed by atoms with E-state index in [2.05, 4.69) is 34.4 Å². The smallest absolute Gasteiger partial charge is 0.265 e. The summed E-state index contributed by atoms with van der Waals surface area (Å²) in [6.45, 7) is 7.91. The van der Waals surface area contributed by atoms with Crippen LogP contribution in [0.5, 0.6) is 0 Å². The summed E-state index contributed by atoms with van der Waals surface area (Å²) in [5, 5.41) is 17.7. The lowest BCUT2D eigenvalue weighted by molar-refractivity contribution is -0.135. The first-order chi connectivity index (χ1) is 22.1. The van der Waals surface area contributed by atoms with Crippen LogP contribution >= 0.6 is 11.6 Å². The van der Waals surface area contributed by atoms with Gasteiger partial charge in [0, 0.05) is 42.6 Å². The third-order valence-corrected chi connectivity index (χ3v) is 10.0. The number of rotatable bonds is 7. The fourth-order valence-electron chi connectivity index (χ4n) is 7.05. The number of fused-ring (bicyclic) bond motifs is 2. The van der Waals surface area contributed by atoms with E-state index < -0.39 is 5.60 Å². The molecule has 2 amide bonds. The van der Waals surface area contributed by atoms with Crippen LogP contribution in [0.15, 0.2) is 42.9 Å². The monoisotopic (exact) mass is 642 g/mol. The second-order valence-corrected chi connectivity index (χ2v) is 13.5. The van der Waals surface area contributed by atoms with Gasteiger partial charge in [-0.1, -0.05) is 18.0 Å². The zero-order valence-corrected chi connectivity index (χ0v) is 27.3. The van der Waals surface area contributed by atoms with Crippen molar-refractivity contribution in [1.82, 2.24) is 29.7 Å². The van der Waals surface area contributed by atoms with Crippen LogP contribution in [0.3, 0.4) is 0 Å². The van der Waals surface area contributed by atoms with E-state index in [0.717, 1.165) is 37.0 Å². The largest absolute Gasteiger partial charge is 0.374 e. The number of piperidine rings is 1. The molecular weight excluding hydrogens is 604 g/mol. The van der Waals surface area contributed by atoms with Crippen molar-refractivity contribution in [1.29, 1.82) is 0 Å². The van der Waals surface area contributed by atoms with Crippen LogP contribution in [-0.2, 0) is 10.4 Å². The first-order valence-corrected chi connectivity index (χ1v) is 16.4. The average Bonchev–Trinajstić information content (AvgIpc) is 3.55. The second kappa shape index (κ2) is 11.6. The number of hydrogen-bond acceptors (Lipinski definition) is 8. The van der Waals surface area contributed by atoms with Crippen molar-refractivity contribution < 1.29 is 14.7 Å². The fraction of sp³-hybridized carbons (Fsp3) is 0.441. The van der Waals surface area contributed by atoms with Gasteiger partial charge < -0.3 is 30.1 Å². The highest BCUT2D eigenvalue weighted by Crippen LogP contribution is 2.46. The van der Waals surface area contributed by atoms with Gasteiger partial charge >= 0.3 is 0 Å². The number of nitrogens with zero attached hydrogens (tertiary/aromatic N) is 6. The lowest BCUT2D eigenvalue weighted by atomic mass is 9.83. The quantitative estimate of drug-likeness (QED) is 0.244. The summed E-state index contributed by atoms with van der Waals surface area (Å²) in [7, 11) is 1.56. The molecule has 46 heavy (non-hydrogen) atoms. The molecule has 3 N–H and O–H groups in total. The van der Waals surface area contributed by atoms with Crippen molar-refractivity contribution in [2.75, 3.05) is 30.4 Å². The number of benzene rings is 1. The average molecular weight is 643 g/mol. The number of nitrogens with one attached hydrogen (secondary N) is 2. The van der Waals surface area contributed by atoms with E-state index in [9.17, 15) is 14.7 Å². The Labute approximate surface area is 273 Å². The number of amides is 2. The van der Waals surface area contributed by atoms with Gasteiger partial charge in [0.05, 0.1) is 33.8 Å². The van der Waals surface area contributed by atoms with Crippen molar-refractivity contribution in [3.05, 3.63) is 59.1 Å². The number of hydrogen-bond donors (Lipinski definition) is 3. The van der Waals surface area contributed by atoms with Crippen LogP contribution in [0.1, 0.15) is 75.0 Å². The lowest BCUT2D eigenvalue weighted by Crippen LogP contribution is -2.57. The van der Waals surface area contributed by atoms with Crippen molar-refractivity contribution in [3.8, 4) is 11.3 Å². The molecule has 0 bridgehead atoms.